The summed E-state index contributed by atoms with van der Waals surface area (Å²) in [5.74, 6) is 2.07. The van der Waals surface area contributed by atoms with E-state index < -0.39 is 0 Å². The number of nitrogens with zero attached hydrogens (tertiary/aromatic N) is 3. The molecule has 1 aromatic heterocycles. The van der Waals surface area contributed by atoms with E-state index in [2.05, 4.69) is 25.5 Å². The largest absolute Gasteiger partial charge is 0.367 e. The van der Waals surface area contributed by atoms with Crippen molar-refractivity contribution in [1.82, 2.24) is 15.3 Å². The van der Waals surface area contributed by atoms with Gasteiger partial charge in [0.05, 0.1) is 0 Å². The highest BCUT2D eigenvalue weighted by Crippen LogP contribution is 2.27. The van der Waals surface area contributed by atoms with Gasteiger partial charge in [0, 0.05) is 38.2 Å². The van der Waals surface area contributed by atoms with Crippen LogP contribution in [-0.2, 0) is 11.3 Å². The predicted octanol–water partition coefficient (Wildman–Crippen LogP) is 3.50. The number of amides is 1. The summed E-state index contributed by atoms with van der Waals surface area (Å²) in [6, 6.07) is 8.93. The van der Waals surface area contributed by atoms with Crippen molar-refractivity contribution in [3.63, 3.8) is 0 Å². The molecule has 1 aromatic carbocycles. The maximum atomic E-state index is 13.2. The van der Waals surface area contributed by atoms with Crippen LogP contribution in [0.15, 0.2) is 36.7 Å². The first kappa shape index (κ1) is 19.6. The van der Waals surface area contributed by atoms with Gasteiger partial charge < -0.3 is 15.5 Å². The summed E-state index contributed by atoms with van der Waals surface area (Å²) in [7, 11) is 0. The van der Waals surface area contributed by atoms with E-state index in [9.17, 15) is 9.18 Å². The van der Waals surface area contributed by atoms with E-state index >= 15 is 0 Å². The molecular formula is C22H28FN5O. The van der Waals surface area contributed by atoms with E-state index in [-0.39, 0.29) is 11.7 Å². The lowest BCUT2D eigenvalue weighted by molar-refractivity contribution is -0.121. The first-order valence-electron chi connectivity index (χ1n) is 10.5. The van der Waals surface area contributed by atoms with Crippen LogP contribution < -0.4 is 15.5 Å². The van der Waals surface area contributed by atoms with E-state index in [1.165, 1.54) is 25.0 Å². The number of nitrogens with one attached hydrogen (secondary N) is 2. The first-order valence-corrected chi connectivity index (χ1v) is 10.5. The maximum absolute atomic E-state index is 13.2. The molecule has 0 spiro atoms. The van der Waals surface area contributed by atoms with Crippen LogP contribution in [-0.4, -0.2) is 35.0 Å². The summed E-state index contributed by atoms with van der Waals surface area (Å²) in [4.78, 5) is 23.3. The number of rotatable bonds is 8. The molecule has 2 fully saturated rings. The number of anilines is 2. The van der Waals surface area contributed by atoms with Gasteiger partial charge >= 0.3 is 0 Å². The van der Waals surface area contributed by atoms with Gasteiger partial charge in [0.15, 0.2) is 0 Å². The Morgan fingerprint density at radius 3 is 2.93 bits per heavy atom. The van der Waals surface area contributed by atoms with Crippen molar-refractivity contribution in [1.29, 1.82) is 0 Å². The molecule has 0 radical (unpaired) electrons. The first-order chi connectivity index (χ1) is 14.2. The van der Waals surface area contributed by atoms with E-state index in [1.807, 2.05) is 12.1 Å². The zero-order valence-electron chi connectivity index (χ0n) is 16.6. The van der Waals surface area contributed by atoms with Crippen LogP contribution in [0.5, 0.6) is 0 Å². The lowest BCUT2D eigenvalue weighted by Gasteiger charge is -2.33. The Morgan fingerprint density at radius 2 is 2.10 bits per heavy atom. The summed E-state index contributed by atoms with van der Waals surface area (Å²) in [6.45, 7) is 2.27. The molecule has 29 heavy (non-hydrogen) atoms. The zero-order valence-corrected chi connectivity index (χ0v) is 16.6. The fourth-order valence-corrected chi connectivity index (χ4v) is 3.82. The summed E-state index contributed by atoms with van der Waals surface area (Å²) >= 11 is 0. The molecule has 2 aromatic rings. The molecule has 1 saturated heterocycles. The molecule has 1 unspecified atom stereocenters. The highest BCUT2D eigenvalue weighted by Gasteiger charge is 2.24. The summed E-state index contributed by atoms with van der Waals surface area (Å²) in [6.07, 6.45) is 7.63. The Bertz CT molecular complexity index is 841. The number of carbonyl (C=O) groups is 1. The van der Waals surface area contributed by atoms with E-state index in [4.69, 9.17) is 0 Å². The van der Waals surface area contributed by atoms with Crippen molar-refractivity contribution < 1.29 is 9.18 Å². The highest BCUT2D eigenvalue weighted by molar-refractivity contribution is 5.75. The molecule has 0 bridgehead atoms. The van der Waals surface area contributed by atoms with Gasteiger partial charge in [-0.25, -0.2) is 14.4 Å². The van der Waals surface area contributed by atoms with Crippen molar-refractivity contribution in [2.45, 2.75) is 51.1 Å². The molecule has 2 heterocycles. The Balaban J connectivity index is 1.24. The number of carbonyl (C=O) groups excluding carboxylic acids is 1. The van der Waals surface area contributed by atoms with Crippen molar-refractivity contribution >= 4 is 17.5 Å². The summed E-state index contributed by atoms with van der Waals surface area (Å²) in [5.41, 5.74) is 0.779. The lowest BCUT2D eigenvalue weighted by Crippen LogP contribution is -2.36. The Hall–Kier alpha value is -2.70. The Kier molecular flexibility index (Phi) is 6.22. The van der Waals surface area contributed by atoms with Gasteiger partial charge in [-0.15, -0.1) is 0 Å². The normalized spacial score (nSPS) is 19.1. The Morgan fingerprint density at radius 1 is 1.21 bits per heavy atom. The highest BCUT2D eigenvalue weighted by atomic mass is 19.1. The predicted molar refractivity (Wildman–Crippen MR) is 111 cm³/mol. The molecule has 1 aliphatic carbocycles. The summed E-state index contributed by atoms with van der Waals surface area (Å²) in [5, 5.41) is 6.32. The van der Waals surface area contributed by atoms with Crippen LogP contribution in [0.1, 0.15) is 44.1 Å². The number of hydrogen-bond acceptors (Lipinski definition) is 5. The number of aromatic nitrogens is 2. The topological polar surface area (TPSA) is 70.2 Å². The van der Waals surface area contributed by atoms with Gasteiger partial charge in [-0.2, -0.15) is 0 Å². The van der Waals surface area contributed by atoms with Crippen LogP contribution in [0.2, 0.25) is 0 Å². The summed E-state index contributed by atoms with van der Waals surface area (Å²) < 4.78 is 13.2. The average molecular weight is 397 g/mol. The van der Waals surface area contributed by atoms with E-state index in [0.29, 0.717) is 24.9 Å². The fourth-order valence-electron chi connectivity index (χ4n) is 3.82. The van der Waals surface area contributed by atoms with Gasteiger partial charge in [0.25, 0.3) is 0 Å². The molecule has 2 aliphatic rings. The second kappa shape index (κ2) is 9.20. The van der Waals surface area contributed by atoms with Crippen LogP contribution >= 0.6 is 0 Å². The van der Waals surface area contributed by atoms with Crippen LogP contribution in [0.3, 0.4) is 0 Å². The maximum Gasteiger partial charge on any atom is 0.220 e. The minimum Gasteiger partial charge on any atom is -0.367 e. The molecule has 1 aliphatic heterocycles. The van der Waals surface area contributed by atoms with Crippen molar-refractivity contribution in [2.75, 3.05) is 23.3 Å². The molecule has 7 heteroatoms. The molecule has 2 N–H and O–H groups in total. The van der Waals surface area contributed by atoms with Crippen molar-refractivity contribution in [2.24, 2.45) is 5.92 Å². The van der Waals surface area contributed by atoms with Crippen LogP contribution in [0, 0.1) is 11.7 Å². The molecule has 4 rings (SSSR count). The molecule has 1 atom stereocenters. The minimum absolute atomic E-state index is 0.0179. The van der Waals surface area contributed by atoms with Gasteiger partial charge in [0.1, 0.15) is 23.8 Å². The smallest absolute Gasteiger partial charge is 0.220 e. The molecule has 1 saturated carbocycles. The second-order valence-corrected chi connectivity index (χ2v) is 8.08. The number of halogens is 1. The van der Waals surface area contributed by atoms with Gasteiger partial charge in [-0.05, 0) is 55.7 Å². The van der Waals surface area contributed by atoms with E-state index in [0.717, 1.165) is 49.6 Å². The van der Waals surface area contributed by atoms with Crippen LogP contribution in [0.4, 0.5) is 16.0 Å². The lowest BCUT2D eigenvalue weighted by atomic mass is 9.93. The molecule has 1 amide bonds. The fraction of sp³-hybridized carbons (Fsp3) is 0.500. The molecule has 6 nitrogen and oxygen atoms in total. The van der Waals surface area contributed by atoms with Crippen molar-refractivity contribution in [3.8, 4) is 0 Å². The number of hydrogen-bond donors (Lipinski definition) is 2. The third-order valence-corrected chi connectivity index (χ3v) is 5.58. The minimum atomic E-state index is -0.278. The third kappa shape index (κ3) is 5.89. The molecule has 154 valence electrons. The monoisotopic (exact) mass is 397 g/mol. The zero-order chi connectivity index (χ0) is 20.1. The van der Waals surface area contributed by atoms with Gasteiger partial charge in [0.2, 0.25) is 5.91 Å². The molecular weight excluding hydrogens is 369 g/mol. The van der Waals surface area contributed by atoms with E-state index in [1.54, 1.807) is 12.4 Å². The van der Waals surface area contributed by atoms with Crippen molar-refractivity contribution in [3.05, 3.63) is 48.0 Å². The number of piperidine rings is 1. The van der Waals surface area contributed by atoms with Gasteiger partial charge in [-0.1, -0.05) is 12.1 Å². The SMILES string of the molecule is O=C(CCC1CCCN(c2cc(NC3CC3)ncn2)C1)NCc1cccc(F)c1. The average Bonchev–Trinajstić information content (AvgIpc) is 3.55. The van der Waals surface area contributed by atoms with Crippen LogP contribution in [0.25, 0.3) is 0 Å². The quantitative estimate of drug-likeness (QED) is 0.713. The third-order valence-electron chi connectivity index (χ3n) is 5.58. The second-order valence-electron chi connectivity index (χ2n) is 8.08. The van der Waals surface area contributed by atoms with Gasteiger partial charge in [-0.3, -0.25) is 4.79 Å². The number of benzene rings is 1. The standard InChI is InChI=1S/C22H28FN5O/c23-18-5-1-3-17(11-18)13-24-22(29)9-6-16-4-2-10-28(14-16)21-12-20(25-15-26-21)27-19-7-8-19/h1,3,5,11-12,15-16,19H,2,4,6-10,13-14H2,(H,24,29)(H,25,26,27). The Labute approximate surface area is 170 Å².